The van der Waals surface area contributed by atoms with E-state index in [9.17, 15) is 9.90 Å². The predicted octanol–water partition coefficient (Wildman–Crippen LogP) is 2.94. The van der Waals surface area contributed by atoms with E-state index in [0.29, 0.717) is 12.6 Å². The fourth-order valence-electron chi connectivity index (χ4n) is 3.34. The van der Waals surface area contributed by atoms with E-state index in [4.69, 9.17) is 0 Å². The zero-order chi connectivity index (χ0) is 12.1. The van der Waals surface area contributed by atoms with Crippen molar-refractivity contribution >= 4 is 5.97 Å². The van der Waals surface area contributed by atoms with Crippen LogP contribution < -0.4 is 5.32 Å². The summed E-state index contributed by atoms with van der Waals surface area (Å²) in [6, 6.07) is 0.564. The summed E-state index contributed by atoms with van der Waals surface area (Å²) >= 11 is 0. The third-order valence-electron chi connectivity index (χ3n) is 4.60. The second-order valence-corrected chi connectivity index (χ2v) is 5.86. The van der Waals surface area contributed by atoms with Crippen molar-refractivity contribution in [1.82, 2.24) is 5.32 Å². The van der Waals surface area contributed by atoms with Gasteiger partial charge < -0.3 is 10.4 Å². The number of carbonyl (C=O) groups is 1. The van der Waals surface area contributed by atoms with Gasteiger partial charge in [-0.05, 0) is 25.7 Å². The molecule has 3 nitrogen and oxygen atoms in total. The van der Waals surface area contributed by atoms with Crippen molar-refractivity contribution in [2.24, 2.45) is 5.41 Å². The van der Waals surface area contributed by atoms with Crippen LogP contribution in [0.3, 0.4) is 0 Å². The van der Waals surface area contributed by atoms with Crippen molar-refractivity contribution in [2.75, 3.05) is 6.54 Å². The van der Waals surface area contributed by atoms with Gasteiger partial charge in [-0.1, -0.05) is 38.5 Å². The Morgan fingerprint density at radius 3 is 2.18 bits per heavy atom. The molecule has 3 heteroatoms. The van der Waals surface area contributed by atoms with Crippen LogP contribution in [0.25, 0.3) is 0 Å². The Morgan fingerprint density at radius 1 is 1.06 bits per heavy atom. The van der Waals surface area contributed by atoms with Crippen LogP contribution in [0.5, 0.6) is 0 Å². The molecule has 0 radical (unpaired) electrons. The van der Waals surface area contributed by atoms with Crippen molar-refractivity contribution in [1.29, 1.82) is 0 Å². The summed E-state index contributed by atoms with van der Waals surface area (Å²) in [5.41, 5.74) is -0.452. The molecule has 0 atom stereocenters. The van der Waals surface area contributed by atoms with Crippen LogP contribution in [-0.2, 0) is 4.79 Å². The van der Waals surface area contributed by atoms with Gasteiger partial charge in [-0.15, -0.1) is 0 Å². The maximum absolute atomic E-state index is 11.4. The first-order valence-corrected chi connectivity index (χ1v) is 7.20. The summed E-state index contributed by atoms with van der Waals surface area (Å²) in [5, 5.41) is 13.0. The number of carboxylic acid groups (broad SMARTS) is 1. The maximum atomic E-state index is 11.4. The lowest BCUT2D eigenvalue weighted by atomic mass is 9.86. The molecule has 0 amide bonds. The summed E-state index contributed by atoms with van der Waals surface area (Å²) in [7, 11) is 0. The molecule has 2 fully saturated rings. The third kappa shape index (κ3) is 3.21. The van der Waals surface area contributed by atoms with E-state index in [2.05, 4.69) is 5.32 Å². The average molecular weight is 239 g/mol. The van der Waals surface area contributed by atoms with Gasteiger partial charge >= 0.3 is 5.97 Å². The maximum Gasteiger partial charge on any atom is 0.310 e. The molecule has 2 aliphatic rings. The topological polar surface area (TPSA) is 49.3 Å². The first-order chi connectivity index (χ1) is 8.23. The van der Waals surface area contributed by atoms with Crippen molar-refractivity contribution in [3.63, 3.8) is 0 Å². The largest absolute Gasteiger partial charge is 0.481 e. The van der Waals surface area contributed by atoms with E-state index in [-0.39, 0.29) is 0 Å². The lowest BCUT2D eigenvalue weighted by Gasteiger charge is -2.27. The van der Waals surface area contributed by atoms with E-state index < -0.39 is 11.4 Å². The predicted molar refractivity (Wildman–Crippen MR) is 68.0 cm³/mol. The van der Waals surface area contributed by atoms with Crippen LogP contribution in [0.4, 0.5) is 0 Å². The molecule has 0 aromatic carbocycles. The zero-order valence-electron chi connectivity index (χ0n) is 10.7. The Balaban J connectivity index is 1.84. The van der Waals surface area contributed by atoms with Gasteiger partial charge in [-0.25, -0.2) is 0 Å². The molecule has 0 aromatic rings. The number of hydrogen-bond acceptors (Lipinski definition) is 2. The summed E-state index contributed by atoms with van der Waals surface area (Å²) in [5.74, 6) is -0.587. The Hall–Kier alpha value is -0.570. The Morgan fingerprint density at radius 2 is 1.65 bits per heavy atom. The number of aliphatic carboxylic acids is 1. The van der Waals surface area contributed by atoms with Crippen LogP contribution in [0.1, 0.15) is 64.2 Å². The first kappa shape index (κ1) is 12.9. The van der Waals surface area contributed by atoms with Crippen LogP contribution in [0, 0.1) is 5.41 Å². The zero-order valence-corrected chi connectivity index (χ0v) is 10.7. The third-order valence-corrected chi connectivity index (χ3v) is 4.60. The molecule has 17 heavy (non-hydrogen) atoms. The highest BCUT2D eigenvalue weighted by molar-refractivity contribution is 5.75. The van der Waals surface area contributed by atoms with E-state index >= 15 is 0 Å². The van der Waals surface area contributed by atoms with E-state index in [0.717, 1.165) is 25.7 Å². The molecule has 0 aliphatic heterocycles. The highest BCUT2D eigenvalue weighted by atomic mass is 16.4. The van der Waals surface area contributed by atoms with Crippen LogP contribution >= 0.6 is 0 Å². The van der Waals surface area contributed by atoms with E-state index in [1.54, 1.807) is 0 Å². The quantitative estimate of drug-likeness (QED) is 0.742. The number of carboxylic acids is 1. The fraction of sp³-hybridized carbons (Fsp3) is 0.929. The molecular formula is C14H25NO2. The second kappa shape index (κ2) is 5.85. The summed E-state index contributed by atoms with van der Waals surface area (Å²) in [6.45, 7) is 0.687. The van der Waals surface area contributed by atoms with Gasteiger partial charge in [0.1, 0.15) is 0 Å². The minimum atomic E-state index is -0.587. The minimum absolute atomic E-state index is 0.452. The van der Waals surface area contributed by atoms with Crippen molar-refractivity contribution < 1.29 is 9.90 Å². The van der Waals surface area contributed by atoms with Crippen molar-refractivity contribution in [3.8, 4) is 0 Å². The van der Waals surface area contributed by atoms with Crippen molar-refractivity contribution in [3.05, 3.63) is 0 Å². The summed E-state index contributed by atoms with van der Waals surface area (Å²) in [6.07, 6.45) is 11.7. The number of rotatable bonds is 4. The molecule has 0 heterocycles. The van der Waals surface area contributed by atoms with Gasteiger partial charge in [-0.3, -0.25) is 4.79 Å². The first-order valence-electron chi connectivity index (χ1n) is 7.20. The standard InChI is InChI=1S/C14H25NO2/c16-13(17)14(9-5-6-10-14)11-15-12-7-3-1-2-4-8-12/h12,15H,1-11H2,(H,16,17). The molecule has 2 N–H and O–H groups in total. The smallest absolute Gasteiger partial charge is 0.310 e. The molecule has 98 valence electrons. The molecule has 2 saturated carbocycles. The van der Waals surface area contributed by atoms with Crippen molar-refractivity contribution in [2.45, 2.75) is 70.3 Å². The van der Waals surface area contributed by atoms with E-state index in [1.165, 1.54) is 38.5 Å². The van der Waals surface area contributed by atoms with Gasteiger partial charge in [0.05, 0.1) is 5.41 Å². The molecule has 0 bridgehead atoms. The number of hydrogen-bond donors (Lipinski definition) is 2. The fourth-order valence-corrected chi connectivity index (χ4v) is 3.34. The Labute approximate surface area is 104 Å². The highest BCUT2D eigenvalue weighted by Gasteiger charge is 2.41. The highest BCUT2D eigenvalue weighted by Crippen LogP contribution is 2.38. The average Bonchev–Trinajstić information content (AvgIpc) is 2.65. The van der Waals surface area contributed by atoms with Gasteiger partial charge in [0.2, 0.25) is 0 Å². The SMILES string of the molecule is O=C(O)C1(CNC2CCCCCC2)CCCC1. The summed E-state index contributed by atoms with van der Waals surface area (Å²) < 4.78 is 0. The lowest BCUT2D eigenvalue weighted by Crippen LogP contribution is -2.42. The van der Waals surface area contributed by atoms with Gasteiger partial charge in [0.15, 0.2) is 0 Å². The van der Waals surface area contributed by atoms with Crippen LogP contribution in [-0.4, -0.2) is 23.7 Å². The van der Waals surface area contributed by atoms with E-state index in [1.807, 2.05) is 0 Å². The molecule has 0 spiro atoms. The van der Waals surface area contributed by atoms with Crippen LogP contribution in [0.2, 0.25) is 0 Å². The second-order valence-electron chi connectivity index (χ2n) is 5.86. The molecular weight excluding hydrogens is 214 g/mol. The molecule has 0 saturated heterocycles. The van der Waals surface area contributed by atoms with Gasteiger partial charge in [-0.2, -0.15) is 0 Å². The lowest BCUT2D eigenvalue weighted by molar-refractivity contribution is -0.148. The molecule has 2 rings (SSSR count). The Kier molecular flexibility index (Phi) is 4.43. The monoisotopic (exact) mass is 239 g/mol. The number of nitrogens with one attached hydrogen (secondary N) is 1. The minimum Gasteiger partial charge on any atom is -0.481 e. The van der Waals surface area contributed by atoms with Crippen LogP contribution in [0.15, 0.2) is 0 Å². The normalized spacial score (nSPS) is 25.6. The molecule has 0 unspecified atom stereocenters. The van der Waals surface area contributed by atoms with Gasteiger partial charge in [0.25, 0.3) is 0 Å². The summed E-state index contributed by atoms with van der Waals surface area (Å²) in [4.78, 5) is 11.4. The molecule has 0 aromatic heterocycles. The van der Waals surface area contributed by atoms with Gasteiger partial charge in [0, 0.05) is 12.6 Å². The Bertz CT molecular complexity index is 251. The molecule has 2 aliphatic carbocycles.